The van der Waals surface area contributed by atoms with Crippen LogP contribution in [0.15, 0.2) is 30.9 Å². The minimum absolute atomic E-state index is 0.236. The molecule has 6 heteroatoms. The molecule has 132 valence electrons. The minimum atomic E-state index is -0.945. The second-order valence-corrected chi connectivity index (χ2v) is 7.17. The van der Waals surface area contributed by atoms with Crippen LogP contribution >= 0.6 is 0 Å². The number of carboxylic acids is 1. The predicted molar refractivity (Wildman–Crippen MR) is 94.4 cm³/mol. The van der Waals surface area contributed by atoms with Gasteiger partial charge in [0, 0.05) is 31.5 Å². The lowest BCUT2D eigenvalue weighted by Crippen LogP contribution is -2.40. The number of carboxylic acid groups (broad SMARTS) is 1. The van der Waals surface area contributed by atoms with Crippen LogP contribution in [-0.2, 0) is 6.54 Å². The Morgan fingerprint density at radius 1 is 1.16 bits per heavy atom. The Morgan fingerprint density at radius 3 is 2.80 bits per heavy atom. The second kappa shape index (κ2) is 6.96. The van der Waals surface area contributed by atoms with E-state index in [0.29, 0.717) is 5.69 Å². The standard InChI is InChI=1S/C19H24N4O2/c24-19(25)15-6-7-20-16(11-15)17-12-22(13-21-17)9-10-23-8-2-5-18(23)14-3-1-4-14/h6-7,11-14,18H,1-5,8-10H2,(H,24,25)/t18-/m1/s1. The van der Waals surface area contributed by atoms with E-state index in [-0.39, 0.29) is 5.56 Å². The van der Waals surface area contributed by atoms with Crippen molar-refractivity contribution in [2.75, 3.05) is 13.1 Å². The Balaban J connectivity index is 1.40. The molecule has 2 aliphatic rings. The molecule has 2 fully saturated rings. The highest BCUT2D eigenvalue weighted by Crippen LogP contribution is 2.37. The normalized spacial score (nSPS) is 21.4. The van der Waals surface area contributed by atoms with Crippen molar-refractivity contribution in [3.05, 3.63) is 36.4 Å². The van der Waals surface area contributed by atoms with Gasteiger partial charge >= 0.3 is 5.97 Å². The number of likely N-dealkylation sites (tertiary alicyclic amines) is 1. The summed E-state index contributed by atoms with van der Waals surface area (Å²) in [5.74, 6) is -0.0250. The molecule has 3 heterocycles. The Hall–Kier alpha value is -2.21. The fourth-order valence-electron chi connectivity index (χ4n) is 4.05. The summed E-state index contributed by atoms with van der Waals surface area (Å²) in [5, 5.41) is 9.10. The largest absolute Gasteiger partial charge is 0.478 e. The van der Waals surface area contributed by atoms with Gasteiger partial charge in [0.1, 0.15) is 5.69 Å². The van der Waals surface area contributed by atoms with Crippen LogP contribution in [0.2, 0.25) is 0 Å². The van der Waals surface area contributed by atoms with Crippen LogP contribution in [0, 0.1) is 5.92 Å². The Morgan fingerprint density at radius 2 is 2.04 bits per heavy atom. The van der Waals surface area contributed by atoms with Crippen LogP contribution in [0.3, 0.4) is 0 Å². The van der Waals surface area contributed by atoms with Crippen LogP contribution in [-0.4, -0.2) is 49.6 Å². The number of aromatic carboxylic acids is 1. The summed E-state index contributed by atoms with van der Waals surface area (Å²) in [5.41, 5.74) is 1.56. The summed E-state index contributed by atoms with van der Waals surface area (Å²) in [6, 6.07) is 3.85. The van der Waals surface area contributed by atoms with Crippen LogP contribution in [0.4, 0.5) is 0 Å². The summed E-state index contributed by atoms with van der Waals surface area (Å²) in [6.45, 7) is 3.18. The quantitative estimate of drug-likeness (QED) is 0.875. The molecule has 2 aromatic heterocycles. The fourth-order valence-corrected chi connectivity index (χ4v) is 4.05. The van der Waals surface area contributed by atoms with Gasteiger partial charge in [0.15, 0.2) is 0 Å². The fraction of sp³-hybridized carbons (Fsp3) is 0.526. The molecule has 1 saturated carbocycles. The molecule has 0 amide bonds. The molecule has 0 radical (unpaired) electrons. The van der Waals surface area contributed by atoms with Crippen LogP contribution < -0.4 is 0 Å². The first-order valence-corrected chi connectivity index (χ1v) is 9.16. The third-order valence-corrected chi connectivity index (χ3v) is 5.66. The zero-order valence-electron chi connectivity index (χ0n) is 14.3. The van der Waals surface area contributed by atoms with Crippen molar-refractivity contribution in [3.8, 4) is 11.4 Å². The molecule has 1 saturated heterocycles. The van der Waals surface area contributed by atoms with E-state index >= 15 is 0 Å². The van der Waals surface area contributed by atoms with Gasteiger partial charge in [-0.25, -0.2) is 9.78 Å². The van der Waals surface area contributed by atoms with E-state index in [2.05, 4.69) is 19.4 Å². The average molecular weight is 340 g/mol. The second-order valence-electron chi connectivity index (χ2n) is 7.17. The molecule has 0 aromatic carbocycles. The summed E-state index contributed by atoms with van der Waals surface area (Å²) in [7, 11) is 0. The highest BCUT2D eigenvalue weighted by atomic mass is 16.4. The average Bonchev–Trinajstić information content (AvgIpc) is 3.21. The zero-order valence-corrected chi connectivity index (χ0v) is 14.3. The molecule has 2 aromatic rings. The number of hydrogen-bond donors (Lipinski definition) is 1. The molecule has 1 N–H and O–H groups in total. The van der Waals surface area contributed by atoms with E-state index in [4.69, 9.17) is 5.11 Å². The molecule has 0 bridgehead atoms. The lowest BCUT2D eigenvalue weighted by atomic mass is 9.79. The number of imidazole rings is 1. The van der Waals surface area contributed by atoms with E-state index in [1.165, 1.54) is 50.9 Å². The van der Waals surface area contributed by atoms with Gasteiger partial charge < -0.3 is 9.67 Å². The summed E-state index contributed by atoms with van der Waals surface area (Å²) >= 11 is 0. The molecule has 1 aliphatic carbocycles. The van der Waals surface area contributed by atoms with E-state index in [9.17, 15) is 4.79 Å². The molecule has 4 rings (SSSR count). The van der Waals surface area contributed by atoms with Crippen molar-refractivity contribution in [1.29, 1.82) is 0 Å². The van der Waals surface area contributed by atoms with E-state index in [1.54, 1.807) is 6.07 Å². The molecule has 1 atom stereocenters. The van der Waals surface area contributed by atoms with Crippen LogP contribution in [0.25, 0.3) is 11.4 Å². The summed E-state index contributed by atoms with van der Waals surface area (Å²) < 4.78 is 2.08. The van der Waals surface area contributed by atoms with Crippen molar-refractivity contribution in [3.63, 3.8) is 0 Å². The molecule has 0 spiro atoms. The lowest BCUT2D eigenvalue weighted by molar-refractivity contribution is 0.0697. The maximum atomic E-state index is 11.1. The maximum Gasteiger partial charge on any atom is 0.335 e. The van der Waals surface area contributed by atoms with Gasteiger partial charge in [-0.15, -0.1) is 0 Å². The van der Waals surface area contributed by atoms with Gasteiger partial charge in [-0.2, -0.15) is 0 Å². The number of hydrogen-bond acceptors (Lipinski definition) is 4. The lowest BCUT2D eigenvalue weighted by Gasteiger charge is -2.37. The van der Waals surface area contributed by atoms with Crippen LogP contribution in [0.5, 0.6) is 0 Å². The monoisotopic (exact) mass is 340 g/mol. The Labute approximate surface area is 147 Å². The third-order valence-electron chi connectivity index (χ3n) is 5.66. The molecule has 1 aliphatic heterocycles. The number of pyridine rings is 1. The van der Waals surface area contributed by atoms with Crippen molar-refractivity contribution < 1.29 is 9.90 Å². The molecular weight excluding hydrogens is 316 g/mol. The maximum absolute atomic E-state index is 11.1. The molecule has 6 nitrogen and oxygen atoms in total. The minimum Gasteiger partial charge on any atom is -0.478 e. The van der Waals surface area contributed by atoms with E-state index in [1.807, 2.05) is 12.5 Å². The predicted octanol–water partition coefficient (Wildman–Crippen LogP) is 2.91. The van der Waals surface area contributed by atoms with Crippen molar-refractivity contribution in [2.45, 2.75) is 44.7 Å². The smallest absolute Gasteiger partial charge is 0.335 e. The van der Waals surface area contributed by atoms with E-state index in [0.717, 1.165) is 30.7 Å². The molecule has 25 heavy (non-hydrogen) atoms. The number of rotatable bonds is 6. The Kier molecular flexibility index (Phi) is 4.53. The van der Waals surface area contributed by atoms with E-state index < -0.39 is 5.97 Å². The van der Waals surface area contributed by atoms with Gasteiger partial charge in [-0.1, -0.05) is 6.42 Å². The topological polar surface area (TPSA) is 71.2 Å². The summed E-state index contributed by atoms with van der Waals surface area (Å²) in [6.07, 6.45) is 12.2. The van der Waals surface area contributed by atoms with Gasteiger partial charge in [0.25, 0.3) is 0 Å². The summed E-state index contributed by atoms with van der Waals surface area (Å²) in [4.78, 5) is 22.4. The van der Waals surface area contributed by atoms with Crippen molar-refractivity contribution in [2.24, 2.45) is 5.92 Å². The van der Waals surface area contributed by atoms with Crippen LogP contribution in [0.1, 0.15) is 42.5 Å². The van der Waals surface area contributed by atoms with Crippen molar-refractivity contribution >= 4 is 5.97 Å². The van der Waals surface area contributed by atoms with Gasteiger partial charge in [0.05, 0.1) is 17.6 Å². The molecule has 0 unspecified atom stereocenters. The number of nitrogens with zero attached hydrogens (tertiary/aromatic N) is 4. The first-order valence-electron chi connectivity index (χ1n) is 9.16. The highest BCUT2D eigenvalue weighted by molar-refractivity contribution is 5.88. The first-order chi connectivity index (χ1) is 12.2. The van der Waals surface area contributed by atoms with Gasteiger partial charge in [-0.05, 0) is 50.3 Å². The third kappa shape index (κ3) is 3.44. The SMILES string of the molecule is O=C(O)c1ccnc(-c2cn(CCN3CCC[C@@H]3C3CCC3)cn2)c1. The number of aromatic nitrogens is 3. The zero-order chi connectivity index (χ0) is 17.2. The first kappa shape index (κ1) is 16.3. The van der Waals surface area contributed by atoms with Gasteiger partial charge in [0.2, 0.25) is 0 Å². The highest BCUT2D eigenvalue weighted by Gasteiger charge is 2.34. The van der Waals surface area contributed by atoms with Gasteiger partial charge in [-0.3, -0.25) is 9.88 Å². The van der Waals surface area contributed by atoms with Crippen molar-refractivity contribution in [1.82, 2.24) is 19.4 Å². The Bertz CT molecular complexity index is 753. The number of carbonyl (C=O) groups is 1. The molecular formula is C19H24N4O2.